The maximum atomic E-state index is 3.75. The molecule has 0 atom stereocenters. The molecule has 1 aromatic rings. The van der Waals surface area contributed by atoms with Crippen LogP contribution in [0.25, 0.3) is 0 Å². The Balaban J connectivity index is 2.82. The third-order valence-corrected chi connectivity index (χ3v) is 1.95. The quantitative estimate of drug-likeness (QED) is 0.634. The number of nitrogens with zero attached hydrogens (tertiary/aromatic N) is 1. The van der Waals surface area contributed by atoms with Crippen LogP contribution in [0.3, 0.4) is 0 Å². The van der Waals surface area contributed by atoms with Gasteiger partial charge in [-0.15, -0.1) is 6.58 Å². The zero-order valence-electron chi connectivity index (χ0n) is 8.33. The molecule has 1 heteroatoms. The highest BCUT2D eigenvalue weighted by molar-refractivity contribution is 5.46. The molecule has 0 aromatic heterocycles. The van der Waals surface area contributed by atoms with E-state index in [0.717, 1.165) is 12.2 Å². The fourth-order valence-electron chi connectivity index (χ4n) is 1.29. The predicted molar refractivity (Wildman–Crippen MR) is 58.0 cm³/mol. The van der Waals surface area contributed by atoms with Crippen molar-refractivity contribution in [2.75, 3.05) is 11.4 Å². The molecule has 0 unspecified atom stereocenters. The first-order valence-corrected chi connectivity index (χ1v) is 4.60. The van der Waals surface area contributed by atoms with Crippen LogP contribution in [0.1, 0.15) is 13.8 Å². The van der Waals surface area contributed by atoms with Crippen molar-refractivity contribution in [2.24, 2.45) is 0 Å². The second-order valence-corrected chi connectivity index (χ2v) is 3.28. The summed E-state index contributed by atoms with van der Waals surface area (Å²) < 4.78 is 0. The second kappa shape index (κ2) is 4.70. The van der Waals surface area contributed by atoms with Crippen LogP contribution in [0.4, 0.5) is 5.69 Å². The number of anilines is 1. The van der Waals surface area contributed by atoms with Crippen LogP contribution >= 0.6 is 0 Å². The van der Waals surface area contributed by atoms with Crippen molar-refractivity contribution in [3.8, 4) is 0 Å². The summed E-state index contributed by atoms with van der Waals surface area (Å²) in [5.41, 5.74) is 1.14. The van der Waals surface area contributed by atoms with Gasteiger partial charge >= 0.3 is 0 Å². The SMILES string of the molecule is C=CCN(c1[c]cccc1)C(C)C. The fourth-order valence-corrected chi connectivity index (χ4v) is 1.29. The van der Waals surface area contributed by atoms with Gasteiger partial charge in [-0.25, -0.2) is 0 Å². The van der Waals surface area contributed by atoms with E-state index in [2.05, 4.69) is 37.5 Å². The lowest BCUT2D eigenvalue weighted by molar-refractivity contribution is 0.723. The number of hydrogen-bond donors (Lipinski definition) is 0. The Morgan fingerprint density at radius 3 is 2.77 bits per heavy atom. The van der Waals surface area contributed by atoms with Gasteiger partial charge in [0.1, 0.15) is 0 Å². The summed E-state index contributed by atoms with van der Waals surface area (Å²) >= 11 is 0. The lowest BCUT2D eigenvalue weighted by Crippen LogP contribution is -2.30. The lowest BCUT2D eigenvalue weighted by atomic mass is 10.2. The van der Waals surface area contributed by atoms with Crippen molar-refractivity contribution in [1.29, 1.82) is 0 Å². The van der Waals surface area contributed by atoms with Gasteiger partial charge < -0.3 is 4.90 Å². The highest BCUT2D eigenvalue weighted by Crippen LogP contribution is 2.14. The molecule has 1 aromatic carbocycles. The molecule has 0 fully saturated rings. The molecule has 0 aliphatic heterocycles. The van der Waals surface area contributed by atoms with Crippen molar-refractivity contribution in [3.63, 3.8) is 0 Å². The second-order valence-electron chi connectivity index (χ2n) is 3.28. The fraction of sp³-hybridized carbons (Fsp3) is 0.333. The molecule has 0 saturated carbocycles. The topological polar surface area (TPSA) is 3.24 Å². The third kappa shape index (κ3) is 2.62. The summed E-state index contributed by atoms with van der Waals surface area (Å²) in [6, 6.07) is 11.7. The van der Waals surface area contributed by atoms with E-state index in [1.54, 1.807) is 0 Å². The van der Waals surface area contributed by atoms with Crippen LogP contribution in [0.2, 0.25) is 0 Å². The average molecular weight is 174 g/mol. The van der Waals surface area contributed by atoms with Crippen molar-refractivity contribution in [2.45, 2.75) is 19.9 Å². The summed E-state index contributed by atoms with van der Waals surface area (Å²) in [5, 5.41) is 0. The van der Waals surface area contributed by atoms with E-state index in [-0.39, 0.29) is 0 Å². The maximum Gasteiger partial charge on any atom is 0.0451 e. The molecule has 13 heavy (non-hydrogen) atoms. The Kier molecular flexibility index (Phi) is 3.56. The molecule has 1 nitrogen and oxygen atoms in total. The molecule has 0 N–H and O–H groups in total. The summed E-state index contributed by atoms with van der Waals surface area (Å²) in [4.78, 5) is 2.26. The Morgan fingerprint density at radius 1 is 1.54 bits per heavy atom. The first kappa shape index (κ1) is 9.85. The van der Waals surface area contributed by atoms with E-state index < -0.39 is 0 Å². The van der Waals surface area contributed by atoms with Crippen molar-refractivity contribution >= 4 is 5.69 Å². The molecule has 1 rings (SSSR count). The van der Waals surface area contributed by atoms with E-state index in [9.17, 15) is 0 Å². The molecule has 0 aliphatic rings. The third-order valence-electron chi connectivity index (χ3n) is 1.95. The van der Waals surface area contributed by atoms with Crippen molar-refractivity contribution < 1.29 is 0 Å². The minimum Gasteiger partial charge on any atom is -0.365 e. The van der Waals surface area contributed by atoms with Gasteiger partial charge in [0.05, 0.1) is 0 Å². The zero-order valence-corrected chi connectivity index (χ0v) is 8.33. The molecule has 0 bridgehead atoms. The summed E-state index contributed by atoms with van der Waals surface area (Å²) in [6.45, 7) is 8.97. The minimum atomic E-state index is 0.483. The van der Waals surface area contributed by atoms with E-state index in [1.807, 2.05) is 24.3 Å². The normalized spacial score (nSPS) is 10.1. The summed E-state index contributed by atoms with van der Waals surface area (Å²) in [7, 11) is 0. The summed E-state index contributed by atoms with van der Waals surface area (Å²) in [5.74, 6) is 0. The van der Waals surface area contributed by atoms with Gasteiger partial charge in [-0.2, -0.15) is 0 Å². The average Bonchev–Trinajstić information content (AvgIpc) is 2.15. The smallest absolute Gasteiger partial charge is 0.0451 e. The number of hydrogen-bond acceptors (Lipinski definition) is 1. The Labute approximate surface area is 80.7 Å². The van der Waals surface area contributed by atoms with E-state index in [0.29, 0.717) is 6.04 Å². The van der Waals surface area contributed by atoms with Crippen LogP contribution in [0.5, 0.6) is 0 Å². The summed E-state index contributed by atoms with van der Waals surface area (Å²) in [6.07, 6.45) is 1.92. The molecule has 0 spiro atoms. The van der Waals surface area contributed by atoms with E-state index in [4.69, 9.17) is 0 Å². The van der Waals surface area contributed by atoms with Gasteiger partial charge in [0, 0.05) is 24.3 Å². The molecular weight excluding hydrogens is 158 g/mol. The van der Waals surface area contributed by atoms with Crippen molar-refractivity contribution in [1.82, 2.24) is 0 Å². The number of benzene rings is 1. The van der Waals surface area contributed by atoms with Gasteiger partial charge in [0.15, 0.2) is 0 Å². The first-order chi connectivity index (χ1) is 6.25. The molecule has 69 valence electrons. The number of para-hydroxylation sites is 1. The van der Waals surface area contributed by atoms with Crippen molar-refractivity contribution in [3.05, 3.63) is 43.0 Å². The molecular formula is C12H16N. The maximum absolute atomic E-state index is 3.75. The van der Waals surface area contributed by atoms with E-state index in [1.165, 1.54) is 0 Å². The van der Waals surface area contributed by atoms with Crippen LogP contribution in [0.15, 0.2) is 36.9 Å². The molecule has 0 saturated heterocycles. The minimum absolute atomic E-state index is 0.483. The highest BCUT2D eigenvalue weighted by Gasteiger charge is 2.07. The Bertz CT molecular complexity index is 251. The Morgan fingerprint density at radius 2 is 2.31 bits per heavy atom. The number of rotatable bonds is 4. The van der Waals surface area contributed by atoms with Gasteiger partial charge in [0.2, 0.25) is 0 Å². The largest absolute Gasteiger partial charge is 0.365 e. The molecule has 0 heterocycles. The van der Waals surface area contributed by atoms with Crippen LogP contribution in [-0.4, -0.2) is 12.6 Å². The predicted octanol–water partition coefficient (Wildman–Crippen LogP) is 2.89. The molecule has 1 radical (unpaired) electrons. The van der Waals surface area contributed by atoms with Crippen LogP contribution in [-0.2, 0) is 0 Å². The van der Waals surface area contributed by atoms with Gasteiger partial charge in [-0.3, -0.25) is 0 Å². The Hall–Kier alpha value is -1.24. The van der Waals surface area contributed by atoms with Gasteiger partial charge in [0.25, 0.3) is 0 Å². The zero-order chi connectivity index (χ0) is 9.68. The van der Waals surface area contributed by atoms with E-state index >= 15 is 0 Å². The van der Waals surface area contributed by atoms with Gasteiger partial charge in [-0.05, 0) is 19.9 Å². The van der Waals surface area contributed by atoms with Gasteiger partial charge in [-0.1, -0.05) is 24.3 Å². The monoisotopic (exact) mass is 174 g/mol. The highest BCUT2D eigenvalue weighted by atomic mass is 15.1. The van der Waals surface area contributed by atoms with Crippen LogP contribution < -0.4 is 4.90 Å². The molecule has 0 amide bonds. The molecule has 0 aliphatic carbocycles. The lowest BCUT2D eigenvalue weighted by Gasteiger charge is -2.27. The first-order valence-electron chi connectivity index (χ1n) is 4.60. The standard InChI is InChI=1S/C12H16N/c1-4-10-13(11(2)3)12-8-6-5-7-9-12/h4-8,11H,1,10H2,2-3H3. The van der Waals surface area contributed by atoms with Crippen LogP contribution in [0, 0.1) is 6.07 Å².